The molecule has 3 rings (SSSR count). The highest BCUT2D eigenvalue weighted by atomic mass is 28.4. The highest BCUT2D eigenvalue weighted by Crippen LogP contribution is 2.52. The van der Waals surface area contributed by atoms with Crippen molar-refractivity contribution in [2.24, 2.45) is 0 Å². The molecule has 3 aliphatic carbocycles. The summed E-state index contributed by atoms with van der Waals surface area (Å²) in [7, 11) is -2.41. The SMILES string of the molecule is O[Si](C1CCCCCCCCCCC1)(C1CCCCCCCCCCC1)C1CCCCCCCCCCC1. The van der Waals surface area contributed by atoms with Gasteiger partial charge in [0.15, 0.2) is 8.32 Å². The zero-order chi connectivity index (χ0) is 26.6. The summed E-state index contributed by atoms with van der Waals surface area (Å²) in [4.78, 5) is 13.5. The Hall–Kier alpha value is 0.177. The Kier molecular flexibility index (Phi) is 18.0. The Morgan fingerprint density at radius 1 is 0.237 bits per heavy atom. The first-order valence-corrected chi connectivity index (χ1v) is 20.7. The van der Waals surface area contributed by atoms with Crippen LogP contribution in [0.3, 0.4) is 0 Å². The summed E-state index contributed by atoms with van der Waals surface area (Å²) in [5, 5.41) is 0. The van der Waals surface area contributed by atoms with Crippen LogP contribution in [-0.2, 0) is 0 Å². The molecule has 0 aliphatic heterocycles. The molecule has 3 aliphatic rings. The summed E-state index contributed by atoms with van der Waals surface area (Å²) in [5.74, 6) is 0. The van der Waals surface area contributed by atoms with Crippen molar-refractivity contribution in [2.75, 3.05) is 0 Å². The molecule has 0 spiro atoms. The molecule has 224 valence electrons. The number of rotatable bonds is 3. The van der Waals surface area contributed by atoms with E-state index in [9.17, 15) is 4.80 Å². The lowest BCUT2D eigenvalue weighted by atomic mass is 10.00. The first-order chi connectivity index (χ1) is 18.8. The van der Waals surface area contributed by atoms with E-state index in [0.717, 1.165) is 0 Å². The van der Waals surface area contributed by atoms with E-state index in [-0.39, 0.29) is 0 Å². The summed E-state index contributed by atoms with van der Waals surface area (Å²) >= 11 is 0. The largest absolute Gasteiger partial charge is 0.431 e. The van der Waals surface area contributed by atoms with Crippen LogP contribution in [0.1, 0.15) is 212 Å². The Morgan fingerprint density at radius 2 is 0.368 bits per heavy atom. The van der Waals surface area contributed by atoms with Gasteiger partial charge in [-0.2, -0.15) is 0 Å². The summed E-state index contributed by atoms with van der Waals surface area (Å²) in [5.41, 5.74) is 2.08. The van der Waals surface area contributed by atoms with E-state index < -0.39 is 8.32 Å². The average molecular weight is 547 g/mol. The zero-order valence-corrected chi connectivity index (χ0v) is 27.0. The summed E-state index contributed by atoms with van der Waals surface area (Å²) < 4.78 is 0. The Balaban J connectivity index is 1.84. The van der Waals surface area contributed by atoms with Crippen LogP contribution in [0.2, 0.25) is 16.6 Å². The average Bonchev–Trinajstić information content (AvgIpc) is 2.89. The van der Waals surface area contributed by atoms with E-state index in [0.29, 0.717) is 16.6 Å². The third-order valence-electron chi connectivity index (χ3n) is 11.3. The molecule has 0 saturated heterocycles. The lowest BCUT2D eigenvalue weighted by Gasteiger charge is -2.46. The van der Waals surface area contributed by atoms with Gasteiger partial charge in [-0.1, -0.05) is 212 Å². The van der Waals surface area contributed by atoms with Gasteiger partial charge >= 0.3 is 0 Å². The van der Waals surface area contributed by atoms with Crippen molar-refractivity contribution in [3.05, 3.63) is 0 Å². The number of hydrogen-bond acceptors (Lipinski definition) is 1. The van der Waals surface area contributed by atoms with E-state index in [1.807, 2.05) is 0 Å². The molecule has 3 fully saturated rings. The molecule has 0 unspecified atom stereocenters. The summed E-state index contributed by atoms with van der Waals surface area (Å²) in [6.07, 6.45) is 47.0. The Bertz CT molecular complexity index is 437. The van der Waals surface area contributed by atoms with E-state index >= 15 is 0 Å². The fourth-order valence-corrected chi connectivity index (χ4v) is 14.9. The van der Waals surface area contributed by atoms with E-state index in [4.69, 9.17) is 0 Å². The van der Waals surface area contributed by atoms with Gasteiger partial charge in [-0.15, -0.1) is 0 Å². The van der Waals surface area contributed by atoms with Crippen molar-refractivity contribution < 1.29 is 4.80 Å². The van der Waals surface area contributed by atoms with Crippen LogP contribution in [0.4, 0.5) is 0 Å². The van der Waals surface area contributed by atoms with Gasteiger partial charge in [-0.3, -0.25) is 0 Å². The third kappa shape index (κ3) is 12.4. The van der Waals surface area contributed by atoms with Crippen molar-refractivity contribution in [1.29, 1.82) is 0 Å². The second kappa shape index (κ2) is 21.0. The first kappa shape index (κ1) is 32.7. The van der Waals surface area contributed by atoms with Gasteiger partial charge in [0.1, 0.15) is 0 Å². The minimum Gasteiger partial charge on any atom is -0.431 e. The van der Waals surface area contributed by atoms with Crippen LogP contribution in [0.5, 0.6) is 0 Å². The molecule has 0 atom stereocenters. The summed E-state index contributed by atoms with van der Waals surface area (Å²) in [6.45, 7) is 0. The van der Waals surface area contributed by atoms with Crippen molar-refractivity contribution in [2.45, 2.75) is 229 Å². The monoisotopic (exact) mass is 547 g/mol. The Labute approximate surface area is 241 Å². The predicted octanol–water partition coefficient (Wildman–Crippen LogP) is 12.9. The second-order valence-electron chi connectivity index (χ2n) is 14.3. The van der Waals surface area contributed by atoms with Gasteiger partial charge in [0, 0.05) is 0 Å². The van der Waals surface area contributed by atoms with Crippen LogP contribution in [0.25, 0.3) is 0 Å². The smallest absolute Gasteiger partial charge is 0.197 e. The van der Waals surface area contributed by atoms with Crippen LogP contribution >= 0.6 is 0 Å². The zero-order valence-electron chi connectivity index (χ0n) is 26.0. The molecule has 1 N–H and O–H groups in total. The molecular formula is C36H70OSi. The number of hydrogen-bond donors (Lipinski definition) is 1. The van der Waals surface area contributed by atoms with Crippen molar-refractivity contribution in [3.63, 3.8) is 0 Å². The van der Waals surface area contributed by atoms with Gasteiger partial charge in [0.2, 0.25) is 0 Å². The highest BCUT2D eigenvalue weighted by Gasteiger charge is 2.50. The quantitative estimate of drug-likeness (QED) is 0.349. The maximum Gasteiger partial charge on any atom is 0.197 e. The highest BCUT2D eigenvalue weighted by molar-refractivity contribution is 6.76. The fraction of sp³-hybridized carbons (Fsp3) is 1.00. The van der Waals surface area contributed by atoms with Gasteiger partial charge in [-0.05, 0) is 16.6 Å². The maximum absolute atomic E-state index is 13.5. The Morgan fingerprint density at radius 3 is 0.526 bits per heavy atom. The molecule has 2 heteroatoms. The lowest BCUT2D eigenvalue weighted by molar-refractivity contribution is 0.365. The van der Waals surface area contributed by atoms with Crippen molar-refractivity contribution >= 4 is 8.32 Å². The third-order valence-corrected chi connectivity index (χ3v) is 16.9. The van der Waals surface area contributed by atoms with Gasteiger partial charge in [0.05, 0.1) is 0 Å². The van der Waals surface area contributed by atoms with Crippen molar-refractivity contribution in [3.8, 4) is 0 Å². The lowest BCUT2D eigenvalue weighted by Crippen LogP contribution is -2.50. The predicted molar refractivity (Wildman–Crippen MR) is 172 cm³/mol. The molecular weight excluding hydrogens is 476 g/mol. The molecule has 38 heavy (non-hydrogen) atoms. The fourth-order valence-electron chi connectivity index (χ4n) is 8.88. The first-order valence-electron chi connectivity index (χ1n) is 18.5. The molecule has 3 saturated carbocycles. The standard InChI is InChI=1S/C36H70OSi/c37-38(34-28-22-16-10-4-1-5-11-17-23-29-34,35-30-24-18-12-6-2-7-13-19-25-31-35)36-32-26-20-14-8-3-9-15-21-27-33-36/h34-37H,1-33H2. The van der Waals surface area contributed by atoms with E-state index in [1.165, 1.54) is 212 Å². The summed E-state index contributed by atoms with van der Waals surface area (Å²) in [6, 6.07) is 0. The molecule has 0 bridgehead atoms. The molecule has 1 nitrogen and oxygen atoms in total. The molecule has 0 radical (unpaired) electrons. The molecule has 0 amide bonds. The topological polar surface area (TPSA) is 20.2 Å². The van der Waals surface area contributed by atoms with Gasteiger partial charge < -0.3 is 4.80 Å². The molecule has 0 aromatic carbocycles. The van der Waals surface area contributed by atoms with Crippen LogP contribution in [0, 0.1) is 0 Å². The van der Waals surface area contributed by atoms with Crippen molar-refractivity contribution in [1.82, 2.24) is 0 Å². The van der Waals surface area contributed by atoms with E-state index in [2.05, 4.69) is 0 Å². The van der Waals surface area contributed by atoms with Crippen LogP contribution in [-0.4, -0.2) is 13.1 Å². The second-order valence-corrected chi connectivity index (χ2v) is 18.5. The molecule has 0 aromatic rings. The van der Waals surface area contributed by atoms with E-state index in [1.54, 1.807) is 0 Å². The van der Waals surface area contributed by atoms with Gasteiger partial charge in [-0.25, -0.2) is 0 Å². The molecule has 0 aromatic heterocycles. The maximum atomic E-state index is 13.5. The minimum atomic E-state index is -2.41. The van der Waals surface area contributed by atoms with Crippen LogP contribution < -0.4 is 0 Å². The molecule has 0 heterocycles. The minimum absolute atomic E-state index is 0.692. The van der Waals surface area contributed by atoms with Gasteiger partial charge in [0.25, 0.3) is 0 Å². The normalized spacial score (nSPS) is 26.4. The van der Waals surface area contributed by atoms with Crippen LogP contribution in [0.15, 0.2) is 0 Å².